The van der Waals surface area contributed by atoms with Crippen LogP contribution in [0, 0.1) is 20.8 Å². The molecule has 0 amide bonds. The summed E-state index contributed by atoms with van der Waals surface area (Å²) in [6, 6.07) is 5.63. The highest BCUT2D eigenvalue weighted by atomic mass is 35.5. The number of halogens is 1. The molecule has 0 unspecified atom stereocenters. The molecule has 0 aliphatic carbocycles. The predicted molar refractivity (Wildman–Crippen MR) is 92.9 cm³/mol. The number of fused-ring (bicyclic) bond motifs is 1. The van der Waals surface area contributed by atoms with Crippen LogP contribution in [0.25, 0.3) is 10.9 Å². The van der Waals surface area contributed by atoms with Gasteiger partial charge in [-0.2, -0.15) is 0 Å². The average Bonchev–Trinajstić information content (AvgIpc) is 2.99. The molecule has 2 heterocycles. The maximum absolute atomic E-state index is 12.4. The van der Waals surface area contributed by atoms with E-state index in [9.17, 15) is 8.42 Å². The van der Waals surface area contributed by atoms with Gasteiger partial charge >= 0.3 is 0 Å². The summed E-state index contributed by atoms with van der Waals surface area (Å²) in [4.78, 5) is 3.40. The zero-order valence-corrected chi connectivity index (χ0v) is 15.2. The van der Waals surface area contributed by atoms with E-state index < -0.39 is 10.0 Å². The minimum atomic E-state index is -3.65. The number of rotatable bonds is 5. The first kappa shape index (κ1) is 17.0. The normalized spacial score (nSPS) is 12.2. The summed E-state index contributed by atoms with van der Waals surface area (Å²) in [5.74, 6) is 0.287. The Morgan fingerprint density at radius 1 is 1.29 bits per heavy atom. The molecule has 0 bridgehead atoms. The first-order chi connectivity index (χ1) is 11.3. The van der Waals surface area contributed by atoms with Crippen molar-refractivity contribution in [2.24, 2.45) is 0 Å². The topological polar surface area (TPSA) is 88.0 Å². The van der Waals surface area contributed by atoms with Crippen LogP contribution in [0.4, 0.5) is 0 Å². The van der Waals surface area contributed by atoms with Gasteiger partial charge in [-0.1, -0.05) is 16.8 Å². The highest BCUT2D eigenvalue weighted by Gasteiger charge is 2.23. The quantitative estimate of drug-likeness (QED) is 0.724. The fourth-order valence-corrected chi connectivity index (χ4v) is 4.45. The maximum Gasteiger partial charge on any atom is 0.245 e. The largest absolute Gasteiger partial charge is 0.360 e. The molecule has 0 saturated heterocycles. The number of aromatic amines is 1. The Kier molecular flexibility index (Phi) is 4.42. The van der Waals surface area contributed by atoms with Crippen LogP contribution in [0.5, 0.6) is 0 Å². The van der Waals surface area contributed by atoms with Gasteiger partial charge in [0.25, 0.3) is 0 Å². The van der Waals surface area contributed by atoms with E-state index >= 15 is 0 Å². The van der Waals surface area contributed by atoms with Crippen molar-refractivity contribution in [3.8, 4) is 0 Å². The molecule has 0 aliphatic rings. The van der Waals surface area contributed by atoms with Crippen molar-refractivity contribution in [3.63, 3.8) is 0 Å². The molecule has 0 radical (unpaired) electrons. The standard InChI is InChI=1S/C16H18ClN3O3S/c1-9-13(14-8-12(17)4-5-15(14)19-9)6-7-18-24(21,22)16-10(2)20-23-11(16)3/h4-5,8,18-19H,6-7H2,1-3H3. The molecule has 3 rings (SSSR count). The highest BCUT2D eigenvalue weighted by Crippen LogP contribution is 2.26. The first-order valence-corrected chi connectivity index (χ1v) is 9.35. The minimum absolute atomic E-state index is 0.112. The number of nitrogens with zero attached hydrogens (tertiary/aromatic N) is 1. The summed E-state index contributed by atoms with van der Waals surface area (Å²) in [5.41, 5.74) is 3.40. The maximum atomic E-state index is 12.4. The minimum Gasteiger partial charge on any atom is -0.360 e. The lowest BCUT2D eigenvalue weighted by atomic mass is 10.1. The van der Waals surface area contributed by atoms with E-state index in [2.05, 4.69) is 14.9 Å². The van der Waals surface area contributed by atoms with Gasteiger partial charge in [-0.05, 0) is 51.0 Å². The summed E-state index contributed by atoms with van der Waals surface area (Å²) < 4.78 is 32.4. The molecule has 3 aromatic rings. The van der Waals surface area contributed by atoms with Crippen molar-refractivity contribution in [1.29, 1.82) is 0 Å². The molecule has 0 atom stereocenters. The van der Waals surface area contributed by atoms with Crippen molar-refractivity contribution < 1.29 is 12.9 Å². The van der Waals surface area contributed by atoms with Gasteiger partial charge in [0.1, 0.15) is 10.6 Å². The van der Waals surface area contributed by atoms with Crippen LogP contribution in [-0.4, -0.2) is 25.1 Å². The summed E-state index contributed by atoms with van der Waals surface area (Å²) in [7, 11) is -3.65. The van der Waals surface area contributed by atoms with Gasteiger partial charge in [0.2, 0.25) is 10.0 Å². The van der Waals surface area contributed by atoms with E-state index in [1.54, 1.807) is 13.8 Å². The number of sulfonamides is 1. The van der Waals surface area contributed by atoms with E-state index in [1.165, 1.54) is 0 Å². The third-order valence-electron chi connectivity index (χ3n) is 3.99. The molecular formula is C16H18ClN3O3S. The van der Waals surface area contributed by atoms with Crippen LogP contribution in [0.1, 0.15) is 22.7 Å². The Balaban J connectivity index is 1.80. The van der Waals surface area contributed by atoms with Crippen molar-refractivity contribution in [2.45, 2.75) is 32.1 Å². The molecule has 0 fully saturated rings. The number of hydrogen-bond acceptors (Lipinski definition) is 4. The average molecular weight is 368 g/mol. The molecule has 2 N–H and O–H groups in total. The molecule has 0 spiro atoms. The summed E-state index contributed by atoms with van der Waals surface area (Å²) in [6.07, 6.45) is 0.550. The molecule has 24 heavy (non-hydrogen) atoms. The Morgan fingerprint density at radius 2 is 2.04 bits per heavy atom. The Bertz CT molecular complexity index is 986. The van der Waals surface area contributed by atoms with Crippen molar-refractivity contribution in [2.75, 3.05) is 6.54 Å². The lowest BCUT2D eigenvalue weighted by Crippen LogP contribution is -2.26. The molecule has 6 nitrogen and oxygen atoms in total. The Hall–Kier alpha value is -1.83. The highest BCUT2D eigenvalue weighted by molar-refractivity contribution is 7.89. The van der Waals surface area contributed by atoms with Crippen LogP contribution < -0.4 is 4.72 Å². The van der Waals surface area contributed by atoms with Crippen molar-refractivity contribution in [1.82, 2.24) is 14.9 Å². The zero-order chi connectivity index (χ0) is 17.5. The van der Waals surface area contributed by atoms with Crippen LogP contribution in [0.15, 0.2) is 27.6 Å². The second kappa shape index (κ2) is 6.23. The molecule has 128 valence electrons. The van der Waals surface area contributed by atoms with Crippen LogP contribution in [0.2, 0.25) is 5.02 Å². The smallest absolute Gasteiger partial charge is 0.245 e. The Morgan fingerprint density at radius 3 is 2.71 bits per heavy atom. The van der Waals surface area contributed by atoms with Gasteiger partial charge in [0, 0.05) is 28.2 Å². The van der Waals surface area contributed by atoms with Gasteiger partial charge < -0.3 is 9.51 Å². The van der Waals surface area contributed by atoms with Crippen LogP contribution >= 0.6 is 11.6 Å². The number of benzene rings is 1. The second-order valence-corrected chi connectivity index (χ2v) is 7.86. The van der Waals surface area contributed by atoms with Crippen LogP contribution in [-0.2, 0) is 16.4 Å². The molecule has 0 saturated carbocycles. The Labute approximate surface area is 145 Å². The van der Waals surface area contributed by atoms with E-state index in [0.717, 1.165) is 22.2 Å². The van der Waals surface area contributed by atoms with Gasteiger partial charge in [-0.3, -0.25) is 0 Å². The van der Waals surface area contributed by atoms with Gasteiger partial charge in [-0.15, -0.1) is 0 Å². The molecule has 1 aromatic carbocycles. The van der Waals surface area contributed by atoms with E-state index in [1.807, 2.05) is 25.1 Å². The molecule has 8 heteroatoms. The van der Waals surface area contributed by atoms with Gasteiger partial charge in [-0.25, -0.2) is 13.1 Å². The fraction of sp³-hybridized carbons (Fsp3) is 0.312. The molecule has 0 aliphatic heterocycles. The number of H-pyrrole nitrogens is 1. The number of nitrogens with one attached hydrogen (secondary N) is 2. The van der Waals surface area contributed by atoms with Gasteiger partial charge in [0.15, 0.2) is 5.76 Å². The summed E-state index contributed by atoms with van der Waals surface area (Å²) in [6.45, 7) is 5.43. The SMILES string of the molecule is Cc1noc(C)c1S(=O)(=O)NCCc1c(C)[nH]c2ccc(Cl)cc12. The van der Waals surface area contributed by atoms with Gasteiger partial charge in [0.05, 0.1) is 0 Å². The third-order valence-corrected chi connectivity index (χ3v) is 5.92. The third kappa shape index (κ3) is 3.07. The number of aromatic nitrogens is 2. The fourth-order valence-electron chi connectivity index (χ4n) is 2.92. The lowest BCUT2D eigenvalue weighted by molar-refractivity contribution is 0.390. The number of hydrogen-bond donors (Lipinski definition) is 2. The van der Waals surface area contributed by atoms with Crippen LogP contribution in [0.3, 0.4) is 0 Å². The summed E-state index contributed by atoms with van der Waals surface area (Å²) in [5, 5.41) is 5.35. The van der Waals surface area contributed by atoms with E-state index in [4.69, 9.17) is 16.1 Å². The predicted octanol–water partition coefficient (Wildman–Crippen LogP) is 3.26. The first-order valence-electron chi connectivity index (χ1n) is 7.49. The monoisotopic (exact) mass is 367 g/mol. The summed E-state index contributed by atoms with van der Waals surface area (Å²) >= 11 is 6.07. The number of aryl methyl sites for hydroxylation is 3. The van der Waals surface area contributed by atoms with E-state index in [-0.39, 0.29) is 17.2 Å². The van der Waals surface area contributed by atoms with Crippen molar-refractivity contribution >= 4 is 32.5 Å². The lowest BCUT2D eigenvalue weighted by Gasteiger charge is -2.06. The van der Waals surface area contributed by atoms with E-state index in [0.29, 0.717) is 17.1 Å². The zero-order valence-electron chi connectivity index (χ0n) is 13.6. The van der Waals surface area contributed by atoms with Crippen molar-refractivity contribution in [3.05, 3.63) is 45.9 Å². The second-order valence-electron chi connectivity index (χ2n) is 5.72. The molecular weight excluding hydrogens is 350 g/mol. The molecule has 2 aromatic heterocycles.